The van der Waals surface area contributed by atoms with E-state index in [9.17, 15) is 9.36 Å². The largest absolute Gasteiger partial charge is 0.694 e. The van der Waals surface area contributed by atoms with E-state index in [4.69, 9.17) is 10.00 Å². The number of hydrogen-bond donors (Lipinski definition) is 2. The number of hydrogen-bond acceptors (Lipinski definition) is 4. The molecule has 2 aromatic carbocycles. The molecule has 0 aliphatic carbocycles. The minimum Gasteiger partial charge on any atom is -0.508 e. The number of phenolic OH excluding ortho intramolecular Hbond substituents is 1. The summed E-state index contributed by atoms with van der Waals surface area (Å²) in [5.74, 6) is 0.134. The molecule has 2 aromatic rings. The van der Waals surface area contributed by atoms with Gasteiger partial charge >= 0.3 is 8.25 Å². The monoisotopic (exact) mass is 321 g/mol. The number of aromatic hydroxyl groups is 1. The van der Waals surface area contributed by atoms with Crippen LogP contribution in [0.4, 0.5) is 0 Å². The van der Waals surface area contributed by atoms with E-state index in [2.05, 4.69) is 4.52 Å². The summed E-state index contributed by atoms with van der Waals surface area (Å²) in [6.07, 6.45) is 0.779. The van der Waals surface area contributed by atoms with Crippen molar-refractivity contribution in [3.05, 3.63) is 65.7 Å². The quantitative estimate of drug-likeness (QED) is 0.648. The number of rotatable bonds is 5. The van der Waals surface area contributed by atoms with Gasteiger partial charge < -0.3 is 5.11 Å². The van der Waals surface area contributed by atoms with Crippen LogP contribution in [0.25, 0.3) is 0 Å². The SMILES string of the molecule is CCCO[P+](=O)O.O=C(c1ccccc1)c1ccc(O)cc1. The summed E-state index contributed by atoms with van der Waals surface area (Å²) in [5.41, 5.74) is 1.24. The summed E-state index contributed by atoms with van der Waals surface area (Å²) in [5, 5.41) is 9.10. The predicted molar refractivity (Wildman–Crippen MR) is 84.0 cm³/mol. The van der Waals surface area contributed by atoms with Gasteiger partial charge in [-0.3, -0.25) is 4.79 Å². The number of carbonyl (C=O) groups excluding carboxylic acids is 1. The van der Waals surface area contributed by atoms with E-state index in [0.717, 1.165) is 6.42 Å². The van der Waals surface area contributed by atoms with Crippen molar-refractivity contribution in [3.63, 3.8) is 0 Å². The van der Waals surface area contributed by atoms with E-state index in [1.54, 1.807) is 24.3 Å². The van der Waals surface area contributed by atoms with E-state index < -0.39 is 8.25 Å². The molecular weight excluding hydrogens is 303 g/mol. The smallest absolute Gasteiger partial charge is 0.508 e. The van der Waals surface area contributed by atoms with Crippen molar-refractivity contribution >= 4 is 14.0 Å². The second kappa shape index (κ2) is 9.79. The van der Waals surface area contributed by atoms with Crippen molar-refractivity contribution in [2.45, 2.75) is 13.3 Å². The molecule has 6 heteroatoms. The summed E-state index contributed by atoms with van der Waals surface area (Å²) in [4.78, 5) is 19.8. The van der Waals surface area contributed by atoms with Gasteiger partial charge in [0.05, 0.1) is 0 Å². The molecule has 0 aliphatic heterocycles. The van der Waals surface area contributed by atoms with Crippen LogP contribution in [0.3, 0.4) is 0 Å². The molecule has 116 valence electrons. The molecule has 5 nitrogen and oxygen atoms in total. The maximum absolute atomic E-state index is 11.9. The zero-order chi connectivity index (χ0) is 16.4. The van der Waals surface area contributed by atoms with Gasteiger partial charge in [-0.15, -0.1) is 9.42 Å². The highest BCUT2D eigenvalue weighted by Crippen LogP contribution is 2.14. The molecule has 0 bridgehead atoms. The lowest BCUT2D eigenvalue weighted by Crippen LogP contribution is -1.99. The van der Waals surface area contributed by atoms with Crippen LogP contribution in [-0.4, -0.2) is 22.4 Å². The summed E-state index contributed by atoms with van der Waals surface area (Å²) >= 11 is 0. The van der Waals surface area contributed by atoms with Gasteiger partial charge in [-0.25, -0.2) is 0 Å². The number of phenols is 1. The Bertz CT molecular complexity index is 596. The maximum atomic E-state index is 11.9. The standard InChI is InChI=1S/C13H10O2.C3H7O3P/c14-12-8-6-11(7-9-12)13(15)10-4-2-1-3-5-10;1-2-3-6-7(4)5/h1-9,14H;2-3H2,1H3/p+1. The highest BCUT2D eigenvalue weighted by atomic mass is 31.1. The van der Waals surface area contributed by atoms with Gasteiger partial charge in [0.1, 0.15) is 12.4 Å². The van der Waals surface area contributed by atoms with E-state index in [0.29, 0.717) is 17.7 Å². The zero-order valence-corrected chi connectivity index (χ0v) is 13.1. The summed E-state index contributed by atoms with van der Waals surface area (Å²) in [6, 6.07) is 15.3. The lowest BCUT2D eigenvalue weighted by Gasteiger charge is -2.00. The van der Waals surface area contributed by atoms with Crippen LogP contribution < -0.4 is 0 Å². The van der Waals surface area contributed by atoms with Gasteiger partial charge in [0.15, 0.2) is 5.78 Å². The third-order valence-electron chi connectivity index (χ3n) is 2.57. The average Bonchev–Trinajstić information content (AvgIpc) is 2.54. The Balaban J connectivity index is 0.000000295. The topological polar surface area (TPSA) is 83.8 Å². The van der Waals surface area contributed by atoms with Crippen LogP contribution in [0, 0.1) is 0 Å². The van der Waals surface area contributed by atoms with Gasteiger partial charge in [0, 0.05) is 15.7 Å². The first-order valence-corrected chi connectivity index (χ1v) is 7.85. The van der Waals surface area contributed by atoms with Crippen LogP contribution in [0.1, 0.15) is 29.3 Å². The Morgan fingerprint density at radius 3 is 2.05 bits per heavy atom. The average molecular weight is 321 g/mol. The highest BCUT2D eigenvalue weighted by molar-refractivity contribution is 7.32. The predicted octanol–water partition coefficient (Wildman–Crippen LogP) is 3.69. The lowest BCUT2D eigenvalue weighted by molar-refractivity contribution is 0.103. The van der Waals surface area contributed by atoms with Gasteiger partial charge in [0.2, 0.25) is 0 Å². The molecule has 0 amide bonds. The van der Waals surface area contributed by atoms with E-state index >= 15 is 0 Å². The molecule has 0 fully saturated rings. The van der Waals surface area contributed by atoms with Crippen LogP contribution in [-0.2, 0) is 9.09 Å². The third kappa shape index (κ3) is 6.59. The van der Waals surface area contributed by atoms with Crippen molar-refractivity contribution in [1.82, 2.24) is 0 Å². The molecular formula is C16H18O5P+. The van der Waals surface area contributed by atoms with Gasteiger partial charge in [-0.1, -0.05) is 37.3 Å². The fraction of sp³-hybridized carbons (Fsp3) is 0.188. The van der Waals surface area contributed by atoms with E-state index in [1.807, 2.05) is 25.1 Å². The van der Waals surface area contributed by atoms with Gasteiger partial charge in [-0.05, 0) is 30.7 Å². The Kier molecular flexibility index (Phi) is 8.00. The molecule has 0 aromatic heterocycles. The molecule has 0 heterocycles. The first kappa shape index (κ1) is 18.0. The molecule has 1 atom stereocenters. The Morgan fingerprint density at radius 1 is 1.05 bits per heavy atom. The fourth-order valence-electron chi connectivity index (χ4n) is 1.54. The second-order valence-electron chi connectivity index (χ2n) is 4.31. The molecule has 22 heavy (non-hydrogen) atoms. The normalized spacial score (nSPS) is 10.4. The first-order chi connectivity index (χ1) is 10.5. The molecule has 0 radical (unpaired) electrons. The Labute approximate surface area is 130 Å². The molecule has 0 aliphatic rings. The van der Waals surface area contributed by atoms with Crippen molar-refractivity contribution in [1.29, 1.82) is 0 Å². The number of carbonyl (C=O) groups is 1. The van der Waals surface area contributed by atoms with Crippen molar-refractivity contribution in [2.24, 2.45) is 0 Å². The Hall–Kier alpha value is -2.07. The fourth-order valence-corrected chi connectivity index (χ4v) is 1.88. The number of ketones is 1. The van der Waals surface area contributed by atoms with Crippen LogP contribution in [0.15, 0.2) is 54.6 Å². The molecule has 0 saturated heterocycles. The molecule has 2 rings (SSSR count). The molecule has 0 saturated carbocycles. The molecule has 2 N–H and O–H groups in total. The van der Waals surface area contributed by atoms with Crippen LogP contribution >= 0.6 is 8.25 Å². The van der Waals surface area contributed by atoms with Crippen molar-refractivity contribution in [3.8, 4) is 5.75 Å². The third-order valence-corrected chi connectivity index (χ3v) is 2.97. The number of benzene rings is 2. The molecule has 1 unspecified atom stereocenters. The van der Waals surface area contributed by atoms with E-state index in [1.165, 1.54) is 12.1 Å². The van der Waals surface area contributed by atoms with Gasteiger partial charge in [-0.2, -0.15) is 0 Å². The van der Waals surface area contributed by atoms with Crippen LogP contribution in [0.2, 0.25) is 0 Å². The summed E-state index contributed by atoms with van der Waals surface area (Å²) in [7, 11) is -2.36. The summed E-state index contributed by atoms with van der Waals surface area (Å²) in [6.45, 7) is 2.24. The lowest BCUT2D eigenvalue weighted by atomic mass is 10.0. The van der Waals surface area contributed by atoms with Crippen LogP contribution in [0.5, 0.6) is 5.75 Å². The second-order valence-corrected chi connectivity index (χ2v) is 5.05. The Morgan fingerprint density at radius 2 is 1.59 bits per heavy atom. The minimum atomic E-state index is -2.36. The van der Waals surface area contributed by atoms with Crippen molar-refractivity contribution in [2.75, 3.05) is 6.61 Å². The van der Waals surface area contributed by atoms with Gasteiger partial charge in [0.25, 0.3) is 0 Å². The van der Waals surface area contributed by atoms with E-state index in [-0.39, 0.29) is 11.5 Å². The minimum absolute atomic E-state index is 0.0319. The maximum Gasteiger partial charge on any atom is 0.694 e. The zero-order valence-electron chi connectivity index (χ0n) is 12.2. The van der Waals surface area contributed by atoms with Crippen molar-refractivity contribution < 1.29 is 23.9 Å². The molecule has 0 spiro atoms. The summed E-state index contributed by atoms with van der Waals surface area (Å²) < 4.78 is 13.9. The first-order valence-electron chi connectivity index (χ1n) is 6.72. The highest BCUT2D eigenvalue weighted by Gasteiger charge is 2.08.